The van der Waals surface area contributed by atoms with Crippen LogP contribution in [0.2, 0.25) is 0 Å². The first-order chi connectivity index (χ1) is 28.9. The number of para-hydroxylation sites is 1. The minimum absolute atomic E-state index is 0. The molecule has 336 valence electrons. The number of ether oxygens (including phenoxy) is 1. The Balaban J connectivity index is 0.000000925. The Labute approximate surface area is 381 Å². The Hall–Kier alpha value is -3.97. The van der Waals surface area contributed by atoms with Gasteiger partial charge in [-0.15, -0.1) is 10.2 Å². The standard InChI is InChI=1S/C44H52N9O2S.C4H8.H2N.Ni/c1-6-55-44-24-41(4)21-42(5,25-44)23-43(22-41,26-44)27-53-29(3)32(20-45-53)31-15-16-35(47-36(31)39(54)51-17-9-10-18-51)52-19-11-12-30-28(2)37(49-50-38(30)52)48-40-46-33-13-7-8-14-34(33)56-40;1-3-4-2;;/h7-8,13-16,20H,1,6,9-12,17-19,21-27H2,2-5H3,(H,46,48,49);1-4H2;1H2;/q-1;-2;-1;. The van der Waals surface area contributed by atoms with Crippen molar-refractivity contribution in [3.8, 4) is 11.1 Å². The summed E-state index contributed by atoms with van der Waals surface area (Å²) in [6.07, 6.45) is 14.7. The number of nitrogens with zero attached hydrogens (tertiary/aromatic N) is 8. The molecule has 2 atom stereocenters. The maximum atomic E-state index is 14.4. The average molecular weight is 902 g/mol. The zero-order valence-electron chi connectivity index (χ0n) is 36.9. The molecule has 11 rings (SSSR count). The minimum Gasteiger partial charge on any atom is -0.693 e. The number of nitrogens with two attached hydrogens (primary N) is 1. The largest absolute Gasteiger partial charge is 0.693 e. The zero-order valence-corrected chi connectivity index (χ0v) is 38.7. The molecule has 0 spiro atoms. The van der Waals surface area contributed by atoms with E-state index in [0.29, 0.717) is 23.9 Å². The van der Waals surface area contributed by atoms with E-state index in [1.807, 2.05) is 35.4 Å². The summed E-state index contributed by atoms with van der Waals surface area (Å²) >= 11 is 1.61. The molecule has 0 radical (unpaired) electrons. The maximum absolute atomic E-state index is 14.4. The third-order valence-corrected chi connectivity index (χ3v) is 14.8. The summed E-state index contributed by atoms with van der Waals surface area (Å²) in [6.45, 7) is 24.0. The van der Waals surface area contributed by atoms with E-state index in [4.69, 9.17) is 24.9 Å². The zero-order chi connectivity index (χ0) is 41.9. The fourth-order valence-corrected chi connectivity index (χ4v) is 13.4. The number of thiazole rings is 1. The molecule has 5 fully saturated rings. The Morgan fingerprint density at radius 3 is 2.29 bits per heavy atom. The second-order valence-electron chi connectivity index (χ2n) is 19.1. The third-order valence-electron chi connectivity index (χ3n) is 13.8. The van der Waals surface area contributed by atoms with Gasteiger partial charge in [-0.25, -0.2) is 22.8 Å². The van der Waals surface area contributed by atoms with Crippen LogP contribution in [0, 0.1) is 50.9 Å². The van der Waals surface area contributed by atoms with Gasteiger partial charge < -0.3 is 46.8 Å². The van der Waals surface area contributed by atoms with Crippen molar-refractivity contribution >= 4 is 50.0 Å². The van der Waals surface area contributed by atoms with Gasteiger partial charge in [-0.3, -0.25) is 9.48 Å². The van der Waals surface area contributed by atoms with Crippen LogP contribution in [0.15, 0.2) is 42.6 Å². The molecule has 1 saturated heterocycles. The molecular formula is C48H62N10NiO2S-4. The van der Waals surface area contributed by atoms with Gasteiger partial charge in [-0.1, -0.05) is 43.9 Å². The van der Waals surface area contributed by atoms with Gasteiger partial charge >= 0.3 is 0 Å². The van der Waals surface area contributed by atoms with Crippen LogP contribution in [0.3, 0.4) is 0 Å². The van der Waals surface area contributed by atoms with Crippen molar-refractivity contribution in [2.75, 3.05) is 36.5 Å². The Morgan fingerprint density at radius 1 is 0.871 bits per heavy atom. The predicted octanol–water partition coefficient (Wildman–Crippen LogP) is 11.1. The first-order valence-corrected chi connectivity index (χ1v) is 22.8. The first-order valence-electron chi connectivity index (χ1n) is 22.0. The summed E-state index contributed by atoms with van der Waals surface area (Å²) in [4.78, 5) is 28.5. The fourth-order valence-electron chi connectivity index (χ4n) is 12.6. The first kappa shape index (κ1) is 46.0. The van der Waals surface area contributed by atoms with Crippen LogP contribution in [-0.4, -0.2) is 72.6 Å². The molecular weight excluding hydrogens is 839 g/mol. The molecule has 62 heavy (non-hydrogen) atoms. The molecule has 12 nitrogen and oxygen atoms in total. The van der Waals surface area contributed by atoms with Gasteiger partial charge in [0.1, 0.15) is 11.5 Å². The third kappa shape index (κ3) is 8.53. The van der Waals surface area contributed by atoms with E-state index in [1.165, 1.54) is 19.3 Å². The number of aromatic nitrogens is 6. The molecule has 1 aromatic carbocycles. The Morgan fingerprint density at radius 2 is 1.60 bits per heavy atom. The van der Waals surface area contributed by atoms with Gasteiger partial charge in [-0.05, 0) is 119 Å². The molecule has 14 heteroatoms. The van der Waals surface area contributed by atoms with E-state index in [0.717, 1.165) is 133 Å². The number of nitrogens with one attached hydrogen (secondary N) is 1. The number of rotatable bonds is 10. The number of fused-ring (bicyclic) bond motifs is 2. The van der Waals surface area contributed by atoms with Crippen LogP contribution in [0.25, 0.3) is 27.5 Å². The van der Waals surface area contributed by atoms with Crippen molar-refractivity contribution in [2.45, 2.75) is 117 Å². The van der Waals surface area contributed by atoms with E-state index >= 15 is 0 Å². The van der Waals surface area contributed by atoms with Crippen molar-refractivity contribution in [1.82, 2.24) is 34.8 Å². The SMILES string of the molecule is [CH2-]CC[CH2-].[CH2-]COC12CC3(C)CC(C)(CC(Cn4ncc(-c5ccc(N6CCCc7c6nnc(Nc6nc8ccccc8s6)c7C)nc5C(=O)N5CCCC5)c4C)(C3)C1)C2.[NH2-].[Ni]. The number of carbonyl (C=O) groups is 1. The van der Waals surface area contributed by atoms with Crippen LogP contribution in [0.5, 0.6) is 0 Å². The average Bonchev–Trinajstić information content (AvgIpc) is 3.98. The normalized spacial score (nSPS) is 25.8. The van der Waals surface area contributed by atoms with Crippen molar-refractivity contribution < 1.29 is 26.0 Å². The Bertz CT molecular complexity index is 2350. The van der Waals surface area contributed by atoms with E-state index in [-0.39, 0.29) is 50.4 Å². The van der Waals surface area contributed by atoms with Crippen molar-refractivity contribution in [1.29, 1.82) is 0 Å². The molecule has 5 aromatic rings. The quantitative estimate of drug-likeness (QED) is 0.107. The minimum atomic E-state index is -0.0938. The van der Waals surface area contributed by atoms with Crippen molar-refractivity contribution in [3.63, 3.8) is 0 Å². The molecule has 4 saturated carbocycles. The summed E-state index contributed by atoms with van der Waals surface area (Å²) in [5.74, 6) is 2.21. The van der Waals surface area contributed by atoms with Gasteiger partial charge in [0.25, 0.3) is 5.91 Å². The number of pyridine rings is 1. The molecule has 4 aliphatic carbocycles. The Kier molecular flexibility index (Phi) is 13.3. The molecule has 3 N–H and O–H groups in total. The second-order valence-corrected chi connectivity index (χ2v) is 20.2. The molecule has 1 amide bonds. The number of benzene rings is 1. The van der Waals surface area contributed by atoms with Crippen LogP contribution in [0.4, 0.5) is 22.6 Å². The number of anilines is 4. The van der Waals surface area contributed by atoms with Crippen LogP contribution < -0.4 is 10.2 Å². The van der Waals surface area contributed by atoms with Crippen molar-refractivity contribution in [2.24, 2.45) is 16.2 Å². The molecule has 6 aliphatic rings. The second kappa shape index (κ2) is 17.9. The smallest absolute Gasteiger partial charge is 0.273 e. The molecule has 2 aliphatic heterocycles. The monoisotopic (exact) mass is 900 g/mol. The number of likely N-dealkylation sites (tertiary alicyclic amines) is 1. The van der Waals surface area contributed by atoms with E-state index in [2.05, 4.69) is 80.6 Å². The van der Waals surface area contributed by atoms with E-state index < -0.39 is 0 Å². The van der Waals surface area contributed by atoms with Crippen LogP contribution in [0.1, 0.15) is 112 Å². The number of carbonyl (C=O) groups excluding carboxylic acids is 1. The summed E-state index contributed by atoms with van der Waals surface area (Å²) in [6, 6.07) is 12.3. The predicted molar refractivity (Wildman–Crippen MR) is 246 cm³/mol. The maximum Gasteiger partial charge on any atom is 0.273 e. The fraction of sp³-hybridized carbons (Fsp3) is 0.521. The van der Waals surface area contributed by atoms with E-state index in [1.54, 1.807) is 11.3 Å². The summed E-state index contributed by atoms with van der Waals surface area (Å²) in [5.41, 5.74) is 7.07. The molecule has 2 unspecified atom stereocenters. The van der Waals surface area contributed by atoms with Gasteiger partial charge in [-0.2, -0.15) is 5.10 Å². The van der Waals surface area contributed by atoms with Crippen LogP contribution in [-0.2, 0) is 34.2 Å². The van der Waals surface area contributed by atoms with Crippen LogP contribution >= 0.6 is 11.3 Å². The summed E-state index contributed by atoms with van der Waals surface area (Å²) in [5, 5.41) is 18.7. The van der Waals surface area contributed by atoms with Gasteiger partial charge in [0, 0.05) is 70.6 Å². The number of hydrogen-bond donors (Lipinski definition) is 1. The molecule has 4 bridgehead atoms. The molecule has 6 heterocycles. The van der Waals surface area contributed by atoms with E-state index in [9.17, 15) is 4.79 Å². The number of amides is 1. The number of hydrogen-bond acceptors (Lipinski definition) is 10. The van der Waals surface area contributed by atoms with Gasteiger partial charge in [0.05, 0.1) is 22.0 Å². The van der Waals surface area contributed by atoms with Gasteiger partial charge in [0.2, 0.25) is 0 Å². The topological polar surface area (TPSA) is 148 Å². The van der Waals surface area contributed by atoms with Crippen molar-refractivity contribution in [3.05, 3.63) is 92.0 Å². The number of unbranched alkanes of at least 4 members (excludes halogenated alkanes) is 1. The molecule has 4 aromatic heterocycles. The summed E-state index contributed by atoms with van der Waals surface area (Å²) in [7, 11) is 0. The van der Waals surface area contributed by atoms with Gasteiger partial charge in [0.15, 0.2) is 16.8 Å². The summed E-state index contributed by atoms with van der Waals surface area (Å²) < 4.78 is 9.89.